The molecule has 0 unspecified atom stereocenters. The second-order valence-electron chi connectivity index (χ2n) is 8.13. The van der Waals surface area contributed by atoms with Crippen molar-refractivity contribution in [3.05, 3.63) is 52.3 Å². The first-order valence-electron chi connectivity index (χ1n) is 10.2. The fraction of sp³-hybridized carbons (Fsp3) is 0.476. The minimum Gasteiger partial charge on any atom is -0.348 e. The van der Waals surface area contributed by atoms with Crippen molar-refractivity contribution in [3.63, 3.8) is 0 Å². The molecule has 2 aromatic rings. The minimum atomic E-state index is -4.45. The zero-order valence-electron chi connectivity index (χ0n) is 17.1. The number of aromatic amines is 1. The highest BCUT2D eigenvalue weighted by Gasteiger charge is 2.32. The number of hydrogen-bond acceptors (Lipinski definition) is 4. The number of H-pyrrole nitrogens is 1. The van der Waals surface area contributed by atoms with Gasteiger partial charge < -0.3 is 15.1 Å². The van der Waals surface area contributed by atoms with Crippen LogP contribution in [0.1, 0.15) is 50.5 Å². The Morgan fingerprint density at radius 3 is 2.45 bits per heavy atom. The fourth-order valence-corrected chi connectivity index (χ4v) is 4.05. The van der Waals surface area contributed by atoms with Crippen LogP contribution in [0, 0.1) is 0 Å². The number of fused-ring (bicyclic) bond motifs is 1. The summed E-state index contributed by atoms with van der Waals surface area (Å²) in [7, 11) is 2.05. The summed E-state index contributed by atoms with van der Waals surface area (Å²) in [5.74, 6) is -0.641. The van der Waals surface area contributed by atoms with Gasteiger partial charge in [0.1, 0.15) is 0 Å². The Morgan fingerprint density at radius 2 is 1.81 bits per heavy atom. The molecule has 1 aromatic carbocycles. The monoisotopic (exact) mass is 435 g/mol. The van der Waals surface area contributed by atoms with Crippen LogP contribution in [0.4, 0.5) is 13.2 Å². The molecular formula is C21H24F3N5O2. The van der Waals surface area contributed by atoms with Crippen molar-refractivity contribution in [3.8, 4) is 0 Å². The Hall–Kier alpha value is -2.88. The molecule has 1 saturated heterocycles. The third kappa shape index (κ3) is 4.58. The Morgan fingerprint density at radius 1 is 1.13 bits per heavy atom. The second kappa shape index (κ2) is 8.33. The molecule has 2 amide bonds. The van der Waals surface area contributed by atoms with Crippen LogP contribution in [-0.2, 0) is 19.1 Å². The van der Waals surface area contributed by atoms with Gasteiger partial charge in [-0.25, -0.2) is 0 Å². The molecule has 31 heavy (non-hydrogen) atoms. The summed E-state index contributed by atoms with van der Waals surface area (Å²) in [5, 5.41) is 10.1. The van der Waals surface area contributed by atoms with E-state index in [1.807, 2.05) is 7.05 Å². The summed E-state index contributed by atoms with van der Waals surface area (Å²) < 4.78 is 38.3. The third-order valence-electron chi connectivity index (χ3n) is 5.95. The molecule has 166 valence electrons. The Labute approximate surface area is 177 Å². The Balaban J connectivity index is 1.45. The average molecular weight is 435 g/mol. The van der Waals surface area contributed by atoms with Crippen molar-refractivity contribution in [1.82, 2.24) is 25.3 Å². The van der Waals surface area contributed by atoms with Gasteiger partial charge in [0, 0.05) is 35.8 Å². The summed E-state index contributed by atoms with van der Waals surface area (Å²) in [6.45, 7) is 2.41. The van der Waals surface area contributed by atoms with Gasteiger partial charge in [-0.1, -0.05) is 0 Å². The highest BCUT2D eigenvalue weighted by atomic mass is 19.4. The van der Waals surface area contributed by atoms with Gasteiger partial charge in [-0.2, -0.15) is 18.3 Å². The second-order valence-corrected chi connectivity index (χ2v) is 8.13. The largest absolute Gasteiger partial charge is 0.416 e. The quantitative estimate of drug-likeness (QED) is 0.776. The topological polar surface area (TPSA) is 81.3 Å². The molecule has 2 aliphatic heterocycles. The maximum atomic E-state index is 12.8. The van der Waals surface area contributed by atoms with Crippen LogP contribution in [0.5, 0.6) is 0 Å². The van der Waals surface area contributed by atoms with Crippen molar-refractivity contribution < 1.29 is 22.8 Å². The molecular weight excluding hydrogens is 411 g/mol. The molecule has 0 atom stereocenters. The third-order valence-corrected chi connectivity index (χ3v) is 5.95. The fourth-order valence-electron chi connectivity index (χ4n) is 4.05. The van der Waals surface area contributed by atoms with E-state index in [1.165, 1.54) is 17.0 Å². The van der Waals surface area contributed by atoms with Gasteiger partial charge in [0.05, 0.1) is 12.1 Å². The van der Waals surface area contributed by atoms with Crippen LogP contribution < -0.4 is 5.32 Å². The number of rotatable bonds is 3. The lowest BCUT2D eigenvalue weighted by molar-refractivity contribution is -0.137. The molecule has 1 aromatic heterocycles. The summed E-state index contributed by atoms with van der Waals surface area (Å²) in [6, 6.07) is 4.26. The Bertz CT molecular complexity index is 962. The van der Waals surface area contributed by atoms with Gasteiger partial charge >= 0.3 is 6.18 Å². The molecule has 1 fully saturated rings. The molecule has 2 aliphatic rings. The van der Waals surface area contributed by atoms with E-state index in [0.717, 1.165) is 43.8 Å². The number of carbonyl (C=O) groups excluding carboxylic acids is 2. The lowest BCUT2D eigenvalue weighted by Gasteiger charge is -2.30. The number of likely N-dealkylation sites (tertiary alicyclic amines) is 1. The van der Waals surface area contributed by atoms with E-state index >= 15 is 0 Å². The molecule has 3 heterocycles. The maximum Gasteiger partial charge on any atom is 0.416 e. The minimum absolute atomic E-state index is 0.0875. The smallest absolute Gasteiger partial charge is 0.348 e. The van der Waals surface area contributed by atoms with E-state index in [2.05, 4.69) is 20.4 Å². The van der Waals surface area contributed by atoms with Gasteiger partial charge in [-0.05, 0) is 57.2 Å². The van der Waals surface area contributed by atoms with Crippen molar-refractivity contribution >= 4 is 11.8 Å². The van der Waals surface area contributed by atoms with Crippen LogP contribution in [0.15, 0.2) is 24.3 Å². The van der Waals surface area contributed by atoms with E-state index in [-0.39, 0.29) is 35.7 Å². The van der Waals surface area contributed by atoms with Gasteiger partial charge in [0.25, 0.3) is 11.8 Å². The highest BCUT2D eigenvalue weighted by Crippen LogP contribution is 2.29. The van der Waals surface area contributed by atoms with E-state index in [4.69, 9.17) is 0 Å². The summed E-state index contributed by atoms with van der Waals surface area (Å²) in [4.78, 5) is 29.4. The molecule has 2 N–H and O–H groups in total. The summed E-state index contributed by atoms with van der Waals surface area (Å²) >= 11 is 0. The number of piperidine rings is 1. The molecule has 4 rings (SSSR count). The van der Waals surface area contributed by atoms with Crippen molar-refractivity contribution in [1.29, 1.82) is 0 Å². The standard InChI is InChI=1S/C21H24F3N5O2/c1-28-9-6-15(7-10-28)25-19(30)18-16-12-29(11-8-17(16)26-27-18)20(31)13-2-4-14(5-3-13)21(22,23)24/h2-5,15H,6-12H2,1H3,(H,25,30)(H,26,27). The van der Waals surface area contributed by atoms with E-state index in [0.29, 0.717) is 18.5 Å². The molecule has 7 nitrogen and oxygen atoms in total. The lowest BCUT2D eigenvalue weighted by atomic mass is 10.0. The Kier molecular flexibility index (Phi) is 5.74. The lowest BCUT2D eigenvalue weighted by Crippen LogP contribution is -2.44. The molecule has 0 spiro atoms. The zero-order chi connectivity index (χ0) is 22.2. The van der Waals surface area contributed by atoms with Crippen molar-refractivity contribution in [2.45, 2.75) is 38.0 Å². The number of amides is 2. The van der Waals surface area contributed by atoms with E-state index in [9.17, 15) is 22.8 Å². The van der Waals surface area contributed by atoms with Gasteiger partial charge in [0.2, 0.25) is 0 Å². The number of alkyl halides is 3. The molecule has 0 aliphatic carbocycles. The average Bonchev–Trinajstić information content (AvgIpc) is 3.18. The van der Waals surface area contributed by atoms with E-state index < -0.39 is 11.7 Å². The summed E-state index contributed by atoms with van der Waals surface area (Å²) in [6.07, 6.45) is -2.22. The number of nitrogens with one attached hydrogen (secondary N) is 2. The van der Waals surface area contributed by atoms with Gasteiger partial charge in [-0.3, -0.25) is 14.7 Å². The van der Waals surface area contributed by atoms with Crippen LogP contribution in [-0.4, -0.2) is 64.5 Å². The van der Waals surface area contributed by atoms with Crippen LogP contribution in [0.3, 0.4) is 0 Å². The maximum absolute atomic E-state index is 12.8. The number of aromatic nitrogens is 2. The zero-order valence-corrected chi connectivity index (χ0v) is 17.1. The van der Waals surface area contributed by atoms with Crippen molar-refractivity contribution in [2.24, 2.45) is 0 Å². The van der Waals surface area contributed by atoms with Gasteiger partial charge in [0.15, 0.2) is 5.69 Å². The molecule has 0 saturated carbocycles. The molecule has 10 heteroatoms. The first-order valence-corrected chi connectivity index (χ1v) is 10.2. The summed E-state index contributed by atoms with van der Waals surface area (Å²) in [5.41, 5.74) is 1.13. The van der Waals surface area contributed by atoms with Crippen LogP contribution in [0.25, 0.3) is 0 Å². The predicted molar refractivity (Wildman–Crippen MR) is 106 cm³/mol. The van der Waals surface area contributed by atoms with Crippen LogP contribution in [0.2, 0.25) is 0 Å². The number of benzene rings is 1. The number of carbonyl (C=O) groups is 2. The first kappa shape index (κ1) is 21.4. The highest BCUT2D eigenvalue weighted by molar-refractivity contribution is 5.96. The SMILES string of the molecule is CN1CCC(NC(=O)c2n[nH]c3c2CN(C(=O)c2ccc(C(F)(F)F)cc2)CC3)CC1. The number of halogens is 3. The van der Waals surface area contributed by atoms with E-state index in [1.54, 1.807) is 0 Å². The first-order chi connectivity index (χ1) is 14.7. The van der Waals surface area contributed by atoms with Crippen LogP contribution >= 0.6 is 0 Å². The molecule has 0 radical (unpaired) electrons. The predicted octanol–water partition coefficient (Wildman–Crippen LogP) is 2.45. The normalized spacial score (nSPS) is 18.0. The number of nitrogens with zero attached hydrogens (tertiary/aromatic N) is 3. The number of hydrogen-bond donors (Lipinski definition) is 2. The van der Waals surface area contributed by atoms with Crippen molar-refractivity contribution in [2.75, 3.05) is 26.7 Å². The van der Waals surface area contributed by atoms with Gasteiger partial charge in [-0.15, -0.1) is 0 Å². The molecule has 0 bridgehead atoms.